The van der Waals surface area contributed by atoms with Gasteiger partial charge in [-0.05, 0) is 54.6 Å². The van der Waals surface area contributed by atoms with Gasteiger partial charge in [0.1, 0.15) is 17.3 Å². The van der Waals surface area contributed by atoms with Gasteiger partial charge in [0.2, 0.25) is 0 Å². The quantitative estimate of drug-likeness (QED) is 0.255. The fraction of sp³-hybridized carbons (Fsp3) is 0.154. The third-order valence-electron chi connectivity index (χ3n) is 5.75. The van der Waals surface area contributed by atoms with E-state index in [0.29, 0.717) is 10.8 Å². The zero-order valence-electron chi connectivity index (χ0n) is 19.0. The molecule has 1 fully saturated rings. The predicted octanol–water partition coefficient (Wildman–Crippen LogP) is 6.00. The SMILES string of the molecule is COc1ccc([C@H]2C(=C(O)c3ccc(Cl)cc3)C(=O)C(=O)N2c2cccc(C(F)(F)F)c2)c(OC)c1. The summed E-state index contributed by atoms with van der Waals surface area (Å²) in [7, 11) is 2.79. The molecule has 3 aromatic rings. The Kier molecular flexibility index (Phi) is 6.69. The highest BCUT2D eigenvalue weighted by Crippen LogP contribution is 2.46. The molecular weight excluding hydrogens is 499 g/mol. The predicted molar refractivity (Wildman–Crippen MR) is 127 cm³/mol. The highest BCUT2D eigenvalue weighted by Gasteiger charge is 2.48. The Hall–Kier alpha value is -3.98. The largest absolute Gasteiger partial charge is 0.507 e. The molecule has 1 saturated heterocycles. The van der Waals surface area contributed by atoms with Crippen molar-refractivity contribution >= 4 is 34.7 Å². The van der Waals surface area contributed by atoms with E-state index in [-0.39, 0.29) is 28.1 Å². The number of amides is 1. The number of ketones is 1. The molecule has 1 heterocycles. The minimum Gasteiger partial charge on any atom is -0.507 e. The van der Waals surface area contributed by atoms with Gasteiger partial charge in [0, 0.05) is 27.9 Å². The van der Waals surface area contributed by atoms with Crippen molar-refractivity contribution < 1.29 is 37.3 Å². The van der Waals surface area contributed by atoms with Crippen molar-refractivity contribution in [1.29, 1.82) is 0 Å². The molecular formula is C26H19ClF3NO5. The zero-order valence-corrected chi connectivity index (χ0v) is 19.7. The Morgan fingerprint density at radius 1 is 0.972 bits per heavy atom. The van der Waals surface area contributed by atoms with E-state index < -0.39 is 35.2 Å². The molecule has 1 aliphatic heterocycles. The molecule has 0 unspecified atom stereocenters. The Balaban J connectivity index is 2.00. The van der Waals surface area contributed by atoms with Crippen molar-refractivity contribution in [2.45, 2.75) is 12.2 Å². The number of alkyl halides is 3. The summed E-state index contributed by atoms with van der Waals surface area (Å²) in [5.41, 5.74) is -1.04. The molecule has 6 nitrogen and oxygen atoms in total. The molecule has 0 saturated carbocycles. The van der Waals surface area contributed by atoms with E-state index in [9.17, 15) is 27.9 Å². The summed E-state index contributed by atoms with van der Waals surface area (Å²) < 4.78 is 51.0. The highest BCUT2D eigenvalue weighted by molar-refractivity contribution is 6.51. The van der Waals surface area contributed by atoms with Crippen LogP contribution in [0.15, 0.2) is 72.3 Å². The second kappa shape index (κ2) is 9.58. The molecule has 1 N–H and O–H groups in total. The van der Waals surface area contributed by atoms with E-state index in [2.05, 4.69) is 0 Å². The van der Waals surface area contributed by atoms with Crippen molar-refractivity contribution in [2.24, 2.45) is 0 Å². The third kappa shape index (κ3) is 4.49. The monoisotopic (exact) mass is 517 g/mol. The Morgan fingerprint density at radius 2 is 1.67 bits per heavy atom. The molecule has 0 bridgehead atoms. The van der Waals surface area contributed by atoms with Crippen LogP contribution < -0.4 is 14.4 Å². The minimum atomic E-state index is -4.68. The van der Waals surface area contributed by atoms with E-state index in [1.807, 2.05) is 0 Å². The molecule has 0 aromatic heterocycles. The molecule has 4 rings (SSSR count). The first kappa shape index (κ1) is 25.1. The minimum absolute atomic E-state index is 0.176. The lowest BCUT2D eigenvalue weighted by molar-refractivity contribution is -0.137. The van der Waals surface area contributed by atoms with Crippen LogP contribution in [-0.4, -0.2) is 31.0 Å². The summed E-state index contributed by atoms with van der Waals surface area (Å²) >= 11 is 5.93. The van der Waals surface area contributed by atoms with Crippen LogP contribution in [0.2, 0.25) is 5.02 Å². The average molecular weight is 518 g/mol. The lowest BCUT2D eigenvalue weighted by atomic mass is 9.94. The number of aliphatic hydroxyl groups excluding tert-OH is 1. The van der Waals surface area contributed by atoms with E-state index in [1.54, 1.807) is 6.07 Å². The van der Waals surface area contributed by atoms with Gasteiger partial charge in [0.15, 0.2) is 0 Å². The summed E-state index contributed by atoms with van der Waals surface area (Å²) in [5.74, 6) is -2.08. The van der Waals surface area contributed by atoms with Crippen LogP contribution in [-0.2, 0) is 15.8 Å². The van der Waals surface area contributed by atoms with Crippen molar-refractivity contribution in [3.05, 3.63) is 94.0 Å². The Bertz CT molecular complexity index is 1370. The number of methoxy groups -OCH3 is 2. The number of halogens is 4. The second-order valence-electron chi connectivity index (χ2n) is 7.83. The maximum atomic E-state index is 13.4. The van der Waals surface area contributed by atoms with Crippen LogP contribution in [0.1, 0.15) is 22.7 Å². The average Bonchev–Trinajstić information content (AvgIpc) is 3.13. The molecule has 0 aliphatic carbocycles. The number of anilines is 1. The number of rotatable bonds is 5. The summed E-state index contributed by atoms with van der Waals surface area (Å²) in [4.78, 5) is 27.4. The smallest absolute Gasteiger partial charge is 0.416 e. The molecule has 0 spiro atoms. The number of aliphatic hydroxyl groups is 1. The highest BCUT2D eigenvalue weighted by atomic mass is 35.5. The fourth-order valence-corrected chi connectivity index (χ4v) is 4.16. The number of benzene rings is 3. The maximum absolute atomic E-state index is 13.4. The Labute approximate surface area is 209 Å². The Morgan fingerprint density at radius 3 is 2.28 bits per heavy atom. The van der Waals surface area contributed by atoms with Gasteiger partial charge in [0.05, 0.1) is 31.4 Å². The van der Waals surface area contributed by atoms with Gasteiger partial charge in [-0.1, -0.05) is 17.7 Å². The number of Topliss-reactive ketones (excluding diaryl/α,β-unsaturated/α-hetero) is 1. The van der Waals surface area contributed by atoms with Crippen LogP contribution in [0.5, 0.6) is 11.5 Å². The molecule has 10 heteroatoms. The molecule has 186 valence electrons. The lowest BCUT2D eigenvalue weighted by Crippen LogP contribution is -2.30. The van der Waals surface area contributed by atoms with Crippen LogP contribution in [0, 0.1) is 0 Å². The maximum Gasteiger partial charge on any atom is 0.416 e. The van der Waals surface area contributed by atoms with E-state index in [0.717, 1.165) is 23.1 Å². The summed E-state index contributed by atoms with van der Waals surface area (Å²) in [6.07, 6.45) is -4.68. The summed E-state index contributed by atoms with van der Waals surface area (Å²) in [6, 6.07) is 13.2. The third-order valence-corrected chi connectivity index (χ3v) is 6.00. The normalized spacial score (nSPS) is 17.4. The molecule has 1 amide bonds. The van der Waals surface area contributed by atoms with Crippen molar-refractivity contribution in [3.8, 4) is 11.5 Å². The molecule has 1 atom stereocenters. The van der Waals surface area contributed by atoms with E-state index in [1.165, 1.54) is 56.7 Å². The fourth-order valence-electron chi connectivity index (χ4n) is 4.03. The van der Waals surface area contributed by atoms with Gasteiger partial charge in [-0.15, -0.1) is 0 Å². The molecule has 36 heavy (non-hydrogen) atoms. The lowest BCUT2D eigenvalue weighted by Gasteiger charge is -2.27. The number of hydrogen-bond donors (Lipinski definition) is 1. The van der Waals surface area contributed by atoms with Gasteiger partial charge in [-0.3, -0.25) is 14.5 Å². The van der Waals surface area contributed by atoms with Gasteiger partial charge in [-0.2, -0.15) is 13.2 Å². The molecule has 0 radical (unpaired) electrons. The van der Waals surface area contributed by atoms with Gasteiger partial charge in [-0.25, -0.2) is 0 Å². The van der Waals surface area contributed by atoms with Crippen LogP contribution >= 0.6 is 11.6 Å². The van der Waals surface area contributed by atoms with E-state index in [4.69, 9.17) is 21.1 Å². The van der Waals surface area contributed by atoms with Crippen molar-refractivity contribution in [1.82, 2.24) is 0 Å². The number of carbonyl (C=O) groups is 2. The number of carbonyl (C=O) groups excluding carboxylic acids is 2. The van der Waals surface area contributed by atoms with Crippen LogP contribution in [0.25, 0.3) is 5.76 Å². The molecule has 1 aliphatic rings. The van der Waals surface area contributed by atoms with Crippen molar-refractivity contribution in [2.75, 3.05) is 19.1 Å². The van der Waals surface area contributed by atoms with Crippen LogP contribution in [0.4, 0.5) is 18.9 Å². The molecule has 3 aromatic carbocycles. The zero-order chi connectivity index (χ0) is 26.2. The van der Waals surface area contributed by atoms with Crippen molar-refractivity contribution in [3.63, 3.8) is 0 Å². The first-order valence-corrected chi connectivity index (χ1v) is 10.9. The van der Waals surface area contributed by atoms with Crippen LogP contribution in [0.3, 0.4) is 0 Å². The first-order chi connectivity index (χ1) is 17.1. The number of hydrogen-bond acceptors (Lipinski definition) is 5. The van der Waals surface area contributed by atoms with E-state index >= 15 is 0 Å². The summed E-state index contributed by atoms with van der Waals surface area (Å²) in [6.45, 7) is 0. The second-order valence-corrected chi connectivity index (χ2v) is 8.27. The standard InChI is InChI=1S/C26H19ClF3NO5/c1-35-18-10-11-19(20(13-18)36-2)22-21(23(32)14-6-8-16(27)9-7-14)24(33)25(34)31(22)17-5-3-4-15(12-17)26(28,29)30/h3-13,22,32H,1-2H3/t22-/m0/s1. The van der Waals surface area contributed by atoms with Gasteiger partial charge in [0.25, 0.3) is 11.7 Å². The topological polar surface area (TPSA) is 76.1 Å². The van der Waals surface area contributed by atoms with Gasteiger partial charge >= 0.3 is 6.18 Å². The number of ether oxygens (including phenoxy) is 2. The number of nitrogens with zero attached hydrogens (tertiary/aromatic N) is 1. The van der Waals surface area contributed by atoms with Gasteiger partial charge < -0.3 is 14.6 Å². The summed E-state index contributed by atoms with van der Waals surface area (Å²) in [5, 5.41) is 11.5. The first-order valence-electron chi connectivity index (χ1n) is 10.5.